The average molecular weight is 278 g/mol. The lowest BCUT2D eigenvalue weighted by Crippen LogP contribution is -2.31. The van der Waals surface area contributed by atoms with Gasteiger partial charge in [-0.25, -0.2) is 4.98 Å². The predicted octanol–water partition coefficient (Wildman–Crippen LogP) is 1.42. The number of hydrogen-bond acceptors (Lipinski definition) is 5. The van der Waals surface area contributed by atoms with Crippen molar-refractivity contribution in [2.45, 2.75) is 19.8 Å². The number of esters is 1. The van der Waals surface area contributed by atoms with Gasteiger partial charge in [0.25, 0.3) is 5.91 Å². The zero-order valence-electron chi connectivity index (χ0n) is 11.3. The standard InChI is InChI=1S/C14H18N2O4/c1-2-3-4-5-9-20-12(18)10-16-14(19)13-11(17)7-6-8-15-13/h3-4,6-8,17H,2,5,9-10H2,1H3,(H,16,19). The van der Waals surface area contributed by atoms with Crippen molar-refractivity contribution >= 4 is 11.9 Å². The van der Waals surface area contributed by atoms with E-state index in [1.807, 2.05) is 19.1 Å². The molecular weight excluding hydrogens is 260 g/mol. The summed E-state index contributed by atoms with van der Waals surface area (Å²) < 4.78 is 4.92. The normalized spacial score (nSPS) is 10.4. The highest BCUT2D eigenvalue weighted by atomic mass is 16.5. The topological polar surface area (TPSA) is 88.5 Å². The molecule has 20 heavy (non-hydrogen) atoms. The average Bonchev–Trinajstić information content (AvgIpc) is 2.45. The minimum Gasteiger partial charge on any atom is -0.505 e. The maximum absolute atomic E-state index is 11.6. The molecule has 0 radical (unpaired) electrons. The Balaban J connectivity index is 2.29. The number of amides is 1. The molecule has 1 amide bonds. The lowest BCUT2D eigenvalue weighted by atomic mass is 10.3. The van der Waals surface area contributed by atoms with Crippen molar-refractivity contribution in [1.82, 2.24) is 10.3 Å². The fourth-order valence-electron chi connectivity index (χ4n) is 1.38. The van der Waals surface area contributed by atoms with Crippen LogP contribution in [0, 0.1) is 0 Å². The summed E-state index contributed by atoms with van der Waals surface area (Å²) in [6, 6.07) is 2.85. The number of ether oxygens (including phenoxy) is 1. The lowest BCUT2D eigenvalue weighted by Gasteiger charge is -2.06. The first-order valence-corrected chi connectivity index (χ1v) is 6.38. The zero-order valence-corrected chi connectivity index (χ0v) is 11.3. The molecule has 6 heteroatoms. The van der Waals surface area contributed by atoms with Crippen molar-refractivity contribution in [2.75, 3.05) is 13.2 Å². The molecule has 0 saturated heterocycles. The summed E-state index contributed by atoms with van der Waals surface area (Å²) in [6.45, 7) is 2.04. The van der Waals surface area contributed by atoms with E-state index in [1.165, 1.54) is 18.3 Å². The van der Waals surface area contributed by atoms with Crippen molar-refractivity contribution in [2.24, 2.45) is 0 Å². The van der Waals surface area contributed by atoms with Gasteiger partial charge in [0.2, 0.25) is 0 Å². The summed E-state index contributed by atoms with van der Waals surface area (Å²) in [7, 11) is 0. The highest BCUT2D eigenvalue weighted by Gasteiger charge is 2.13. The first-order chi connectivity index (χ1) is 9.65. The summed E-state index contributed by atoms with van der Waals surface area (Å²) in [5, 5.41) is 11.8. The molecule has 6 nitrogen and oxygen atoms in total. The molecule has 1 heterocycles. The molecule has 0 spiro atoms. The van der Waals surface area contributed by atoms with Crippen LogP contribution in [0.3, 0.4) is 0 Å². The molecule has 0 unspecified atom stereocenters. The second-order valence-corrected chi connectivity index (χ2v) is 3.94. The molecule has 0 aliphatic heterocycles. The van der Waals surface area contributed by atoms with Crippen LogP contribution in [-0.4, -0.2) is 35.1 Å². The van der Waals surface area contributed by atoms with Crippen LogP contribution in [0.15, 0.2) is 30.5 Å². The van der Waals surface area contributed by atoms with Crippen molar-refractivity contribution in [3.05, 3.63) is 36.2 Å². The van der Waals surface area contributed by atoms with E-state index >= 15 is 0 Å². The van der Waals surface area contributed by atoms with Gasteiger partial charge < -0.3 is 15.2 Å². The van der Waals surface area contributed by atoms with Crippen LogP contribution in [0.5, 0.6) is 5.75 Å². The molecule has 0 aliphatic rings. The van der Waals surface area contributed by atoms with Gasteiger partial charge in [-0.3, -0.25) is 9.59 Å². The van der Waals surface area contributed by atoms with Crippen LogP contribution in [0.2, 0.25) is 0 Å². The zero-order chi connectivity index (χ0) is 14.8. The van der Waals surface area contributed by atoms with Crippen molar-refractivity contribution in [3.63, 3.8) is 0 Å². The van der Waals surface area contributed by atoms with Gasteiger partial charge in [0.05, 0.1) is 6.61 Å². The van der Waals surface area contributed by atoms with Gasteiger partial charge in [0, 0.05) is 6.20 Å². The van der Waals surface area contributed by atoms with Gasteiger partial charge in [-0.05, 0) is 25.0 Å². The van der Waals surface area contributed by atoms with E-state index in [-0.39, 0.29) is 24.6 Å². The molecule has 0 saturated carbocycles. The molecule has 0 bridgehead atoms. The summed E-state index contributed by atoms with van der Waals surface area (Å²) in [6.07, 6.45) is 6.89. The molecule has 0 aliphatic carbocycles. The minimum absolute atomic E-state index is 0.119. The number of nitrogens with zero attached hydrogens (tertiary/aromatic N) is 1. The molecule has 1 aromatic rings. The number of pyridine rings is 1. The van der Waals surface area contributed by atoms with Gasteiger partial charge in [0.1, 0.15) is 12.3 Å². The minimum atomic E-state index is -0.620. The molecule has 0 fully saturated rings. The summed E-state index contributed by atoms with van der Waals surface area (Å²) in [4.78, 5) is 26.7. The second kappa shape index (κ2) is 8.68. The summed E-state index contributed by atoms with van der Waals surface area (Å²) in [5.74, 6) is -1.38. The third-order valence-corrected chi connectivity index (χ3v) is 2.34. The number of carbonyl (C=O) groups excluding carboxylic acids is 2. The fourth-order valence-corrected chi connectivity index (χ4v) is 1.38. The number of aromatic nitrogens is 1. The highest BCUT2D eigenvalue weighted by molar-refractivity contribution is 5.96. The number of allylic oxidation sites excluding steroid dienone is 1. The Morgan fingerprint density at radius 2 is 2.25 bits per heavy atom. The number of nitrogens with one attached hydrogen (secondary N) is 1. The summed E-state index contributed by atoms with van der Waals surface area (Å²) >= 11 is 0. The van der Waals surface area contributed by atoms with Crippen LogP contribution in [0.1, 0.15) is 30.3 Å². The maximum atomic E-state index is 11.6. The van der Waals surface area contributed by atoms with E-state index in [2.05, 4.69) is 10.3 Å². The van der Waals surface area contributed by atoms with Crippen LogP contribution in [0.25, 0.3) is 0 Å². The third kappa shape index (κ3) is 5.51. The third-order valence-electron chi connectivity index (χ3n) is 2.34. The SMILES string of the molecule is CCC=CCCOC(=O)CNC(=O)c1ncccc1O. The van der Waals surface area contributed by atoms with Gasteiger partial charge in [-0.2, -0.15) is 0 Å². The Labute approximate surface area is 117 Å². The van der Waals surface area contributed by atoms with E-state index in [4.69, 9.17) is 4.74 Å². The quantitative estimate of drug-likeness (QED) is 0.447. The molecule has 0 atom stereocenters. The smallest absolute Gasteiger partial charge is 0.325 e. The van der Waals surface area contributed by atoms with E-state index in [0.29, 0.717) is 6.42 Å². The molecule has 0 aromatic carbocycles. The number of aromatic hydroxyl groups is 1. The van der Waals surface area contributed by atoms with Gasteiger partial charge in [-0.1, -0.05) is 19.1 Å². The highest BCUT2D eigenvalue weighted by Crippen LogP contribution is 2.11. The van der Waals surface area contributed by atoms with Crippen molar-refractivity contribution in [3.8, 4) is 5.75 Å². The fraction of sp³-hybridized carbons (Fsp3) is 0.357. The van der Waals surface area contributed by atoms with Crippen LogP contribution in [0.4, 0.5) is 0 Å². The molecular formula is C14H18N2O4. The van der Waals surface area contributed by atoms with Gasteiger partial charge in [-0.15, -0.1) is 0 Å². The summed E-state index contributed by atoms with van der Waals surface area (Å²) in [5.41, 5.74) is -0.119. The Kier molecular flexibility index (Phi) is 6.81. The lowest BCUT2D eigenvalue weighted by molar-refractivity contribution is -0.142. The number of carbonyl (C=O) groups is 2. The largest absolute Gasteiger partial charge is 0.505 e. The first-order valence-electron chi connectivity index (χ1n) is 6.38. The van der Waals surface area contributed by atoms with E-state index in [9.17, 15) is 14.7 Å². The van der Waals surface area contributed by atoms with Crippen LogP contribution < -0.4 is 5.32 Å². The first kappa shape index (κ1) is 15.7. The Morgan fingerprint density at radius 1 is 1.45 bits per heavy atom. The predicted molar refractivity (Wildman–Crippen MR) is 73.2 cm³/mol. The molecule has 108 valence electrons. The molecule has 1 aromatic heterocycles. The Morgan fingerprint density at radius 3 is 2.95 bits per heavy atom. The van der Waals surface area contributed by atoms with Crippen molar-refractivity contribution < 1.29 is 19.4 Å². The molecule has 2 N–H and O–H groups in total. The van der Waals surface area contributed by atoms with E-state index < -0.39 is 11.9 Å². The monoisotopic (exact) mass is 278 g/mol. The Bertz CT molecular complexity index is 486. The van der Waals surface area contributed by atoms with E-state index in [0.717, 1.165) is 6.42 Å². The second-order valence-electron chi connectivity index (χ2n) is 3.94. The van der Waals surface area contributed by atoms with Crippen LogP contribution >= 0.6 is 0 Å². The maximum Gasteiger partial charge on any atom is 0.325 e. The van der Waals surface area contributed by atoms with Crippen LogP contribution in [-0.2, 0) is 9.53 Å². The van der Waals surface area contributed by atoms with Gasteiger partial charge in [0.15, 0.2) is 5.69 Å². The molecule has 1 rings (SSSR count). The van der Waals surface area contributed by atoms with Crippen molar-refractivity contribution in [1.29, 1.82) is 0 Å². The Hall–Kier alpha value is -2.37. The number of rotatable bonds is 7. The van der Waals surface area contributed by atoms with E-state index in [1.54, 1.807) is 0 Å². The van der Waals surface area contributed by atoms with Gasteiger partial charge >= 0.3 is 5.97 Å². The number of hydrogen-bond donors (Lipinski definition) is 2.